The van der Waals surface area contributed by atoms with Crippen molar-refractivity contribution < 1.29 is 14.0 Å². The Hall–Kier alpha value is -1.71. The molecule has 1 aliphatic rings. The SMILES string of the molecule is CC(C)[C@H]1C(C=O)NC(=O)[C@@H]1Cc1ccc(F)cc1. The summed E-state index contributed by atoms with van der Waals surface area (Å²) in [6, 6.07) is 5.76. The van der Waals surface area contributed by atoms with Crippen molar-refractivity contribution in [1.29, 1.82) is 0 Å². The number of carbonyl (C=O) groups excluding carboxylic acids is 2. The number of carbonyl (C=O) groups is 2. The first-order valence-electron chi connectivity index (χ1n) is 6.53. The van der Waals surface area contributed by atoms with E-state index in [0.717, 1.165) is 11.8 Å². The molecule has 0 saturated carbocycles. The number of amides is 1. The van der Waals surface area contributed by atoms with Gasteiger partial charge in [-0.15, -0.1) is 0 Å². The Morgan fingerprint density at radius 3 is 2.47 bits per heavy atom. The van der Waals surface area contributed by atoms with Gasteiger partial charge in [-0.25, -0.2) is 4.39 Å². The Kier molecular flexibility index (Phi) is 3.98. The number of benzene rings is 1. The molecule has 0 aliphatic carbocycles. The molecule has 0 aromatic heterocycles. The molecule has 3 nitrogen and oxygen atoms in total. The molecule has 1 saturated heterocycles. The van der Waals surface area contributed by atoms with Crippen molar-refractivity contribution in [2.45, 2.75) is 26.3 Å². The van der Waals surface area contributed by atoms with Gasteiger partial charge >= 0.3 is 0 Å². The molecule has 4 heteroatoms. The fraction of sp³-hybridized carbons (Fsp3) is 0.467. The fourth-order valence-corrected chi connectivity index (χ4v) is 2.90. The lowest BCUT2D eigenvalue weighted by atomic mass is 9.79. The highest BCUT2D eigenvalue weighted by Crippen LogP contribution is 2.32. The lowest BCUT2D eigenvalue weighted by Crippen LogP contribution is -2.32. The van der Waals surface area contributed by atoms with Gasteiger partial charge in [-0.05, 0) is 30.0 Å². The zero-order valence-electron chi connectivity index (χ0n) is 11.1. The van der Waals surface area contributed by atoms with Crippen molar-refractivity contribution in [3.8, 4) is 0 Å². The summed E-state index contributed by atoms with van der Waals surface area (Å²) in [6.07, 6.45) is 1.35. The van der Waals surface area contributed by atoms with E-state index in [9.17, 15) is 14.0 Å². The smallest absolute Gasteiger partial charge is 0.224 e. The molecular formula is C15H18FNO2. The maximum atomic E-state index is 12.9. The van der Waals surface area contributed by atoms with Crippen molar-refractivity contribution in [2.75, 3.05) is 0 Å². The second-order valence-electron chi connectivity index (χ2n) is 5.43. The van der Waals surface area contributed by atoms with E-state index in [1.54, 1.807) is 12.1 Å². The number of nitrogens with one attached hydrogen (secondary N) is 1. The average molecular weight is 263 g/mol. The molecule has 1 N–H and O–H groups in total. The normalized spacial score (nSPS) is 26.5. The monoisotopic (exact) mass is 263 g/mol. The summed E-state index contributed by atoms with van der Waals surface area (Å²) in [5, 5.41) is 2.74. The third kappa shape index (κ3) is 2.83. The van der Waals surface area contributed by atoms with Crippen LogP contribution in [0.25, 0.3) is 0 Å². The van der Waals surface area contributed by atoms with Crippen molar-refractivity contribution >= 4 is 12.2 Å². The molecule has 0 spiro atoms. The standard InChI is InChI=1S/C15H18FNO2/c1-9(2)14-12(15(19)17-13(14)8-18)7-10-3-5-11(16)6-4-10/h3-6,8-9,12-14H,7H2,1-2H3,(H,17,19)/t12-,13?,14-/m1/s1. The van der Waals surface area contributed by atoms with Crippen LogP contribution in [0.4, 0.5) is 4.39 Å². The van der Waals surface area contributed by atoms with Crippen LogP contribution < -0.4 is 5.32 Å². The van der Waals surface area contributed by atoms with E-state index in [1.165, 1.54) is 12.1 Å². The predicted octanol–water partition coefficient (Wildman–Crippen LogP) is 1.95. The minimum Gasteiger partial charge on any atom is -0.346 e. The molecule has 1 fully saturated rings. The number of aldehydes is 1. The Balaban J connectivity index is 2.19. The highest BCUT2D eigenvalue weighted by Gasteiger charge is 2.43. The Morgan fingerprint density at radius 1 is 1.32 bits per heavy atom. The second-order valence-corrected chi connectivity index (χ2v) is 5.43. The molecule has 1 aromatic rings. The largest absolute Gasteiger partial charge is 0.346 e. The van der Waals surface area contributed by atoms with E-state index in [1.807, 2.05) is 13.8 Å². The summed E-state index contributed by atoms with van der Waals surface area (Å²) < 4.78 is 12.9. The van der Waals surface area contributed by atoms with Crippen LogP contribution in [0, 0.1) is 23.6 Å². The molecule has 2 rings (SSSR count). The first-order valence-corrected chi connectivity index (χ1v) is 6.53. The Morgan fingerprint density at radius 2 is 1.95 bits per heavy atom. The van der Waals surface area contributed by atoms with Gasteiger partial charge < -0.3 is 10.1 Å². The summed E-state index contributed by atoms with van der Waals surface area (Å²) in [6.45, 7) is 4.03. The summed E-state index contributed by atoms with van der Waals surface area (Å²) in [7, 11) is 0. The summed E-state index contributed by atoms with van der Waals surface area (Å²) in [5.41, 5.74) is 0.916. The van der Waals surface area contributed by atoms with Crippen molar-refractivity contribution in [2.24, 2.45) is 17.8 Å². The molecule has 1 heterocycles. The summed E-state index contributed by atoms with van der Waals surface area (Å²) >= 11 is 0. The highest BCUT2D eigenvalue weighted by molar-refractivity contribution is 5.86. The summed E-state index contributed by atoms with van der Waals surface area (Å²) in [4.78, 5) is 23.0. The third-order valence-corrected chi connectivity index (χ3v) is 3.81. The first-order chi connectivity index (χ1) is 9.02. The van der Waals surface area contributed by atoms with Crippen LogP contribution in [0.15, 0.2) is 24.3 Å². The van der Waals surface area contributed by atoms with Gasteiger partial charge in [-0.2, -0.15) is 0 Å². The van der Waals surface area contributed by atoms with Gasteiger partial charge in [-0.3, -0.25) is 4.79 Å². The minimum absolute atomic E-state index is 0.00458. The van der Waals surface area contributed by atoms with Gasteiger partial charge in [0.25, 0.3) is 0 Å². The van der Waals surface area contributed by atoms with Gasteiger partial charge in [0.15, 0.2) is 0 Å². The molecule has 1 unspecified atom stereocenters. The fourth-order valence-electron chi connectivity index (χ4n) is 2.90. The van der Waals surface area contributed by atoms with Crippen molar-refractivity contribution in [1.82, 2.24) is 5.32 Å². The number of hydrogen-bond acceptors (Lipinski definition) is 2. The van der Waals surface area contributed by atoms with E-state index < -0.39 is 6.04 Å². The van der Waals surface area contributed by atoms with Crippen molar-refractivity contribution in [3.63, 3.8) is 0 Å². The molecule has 1 aliphatic heterocycles. The van der Waals surface area contributed by atoms with Crippen LogP contribution in [0.1, 0.15) is 19.4 Å². The molecule has 0 bridgehead atoms. The lowest BCUT2D eigenvalue weighted by molar-refractivity contribution is -0.123. The van der Waals surface area contributed by atoms with Crippen LogP contribution in [0.2, 0.25) is 0 Å². The zero-order valence-corrected chi connectivity index (χ0v) is 11.1. The van der Waals surface area contributed by atoms with Gasteiger partial charge in [0.1, 0.15) is 12.1 Å². The van der Waals surface area contributed by atoms with E-state index in [4.69, 9.17) is 0 Å². The quantitative estimate of drug-likeness (QED) is 0.844. The maximum Gasteiger partial charge on any atom is 0.224 e. The van der Waals surface area contributed by atoms with Crippen LogP contribution in [-0.2, 0) is 16.0 Å². The maximum absolute atomic E-state index is 12.9. The van der Waals surface area contributed by atoms with Gasteiger partial charge in [0, 0.05) is 11.8 Å². The molecule has 0 radical (unpaired) electrons. The van der Waals surface area contributed by atoms with Gasteiger partial charge in [-0.1, -0.05) is 26.0 Å². The van der Waals surface area contributed by atoms with Crippen LogP contribution in [0.5, 0.6) is 0 Å². The highest BCUT2D eigenvalue weighted by atomic mass is 19.1. The van der Waals surface area contributed by atoms with E-state index in [0.29, 0.717) is 6.42 Å². The first kappa shape index (κ1) is 13.7. The van der Waals surface area contributed by atoms with Crippen molar-refractivity contribution in [3.05, 3.63) is 35.6 Å². The molecule has 3 atom stereocenters. The minimum atomic E-state index is -0.405. The topological polar surface area (TPSA) is 46.2 Å². The number of halogens is 1. The number of hydrogen-bond donors (Lipinski definition) is 1. The van der Waals surface area contributed by atoms with E-state index in [2.05, 4.69) is 5.32 Å². The van der Waals surface area contributed by atoms with Gasteiger partial charge in [0.05, 0.1) is 6.04 Å². The molecule has 1 amide bonds. The van der Waals surface area contributed by atoms with Crippen LogP contribution in [-0.4, -0.2) is 18.2 Å². The Labute approximate surface area is 112 Å². The van der Waals surface area contributed by atoms with E-state index in [-0.39, 0.29) is 29.5 Å². The second kappa shape index (κ2) is 5.51. The average Bonchev–Trinajstić information content (AvgIpc) is 2.69. The van der Waals surface area contributed by atoms with Crippen LogP contribution >= 0.6 is 0 Å². The van der Waals surface area contributed by atoms with E-state index >= 15 is 0 Å². The van der Waals surface area contributed by atoms with Gasteiger partial charge in [0.2, 0.25) is 5.91 Å². The Bertz CT molecular complexity index is 470. The zero-order chi connectivity index (χ0) is 14.0. The van der Waals surface area contributed by atoms with Crippen LogP contribution in [0.3, 0.4) is 0 Å². The lowest BCUT2D eigenvalue weighted by Gasteiger charge is -2.23. The molecule has 1 aromatic carbocycles. The third-order valence-electron chi connectivity index (χ3n) is 3.81. The molecular weight excluding hydrogens is 245 g/mol. The number of rotatable bonds is 4. The molecule has 102 valence electrons. The molecule has 19 heavy (non-hydrogen) atoms. The summed E-state index contributed by atoms with van der Waals surface area (Å²) in [5.74, 6) is -0.360. The predicted molar refractivity (Wildman–Crippen MR) is 69.9 cm³/mol.